The van der Waals surface area contributed by atoms with E-state index in [1.165, 1.54) is 9.13 Å². The topological polar surface area (TPSA) is 55.1 Å². The number of rotatable bonds is 4. The van der Waals surface area contributed by atoms with Gasteiger partial charge in [0.2, 0.25) is 5.91 Å². The lowest BCUT2D eigenvalue weighted by Crippen LogP contribution is -2.23. The fourth-order valence-electron chi connectivity index (χ4n) is 1.32. The molecule has 0 spiro atoms. The molecule has 82 valence electrons. The Morgan fingerprint density at radius 2 is 2.27 bits per heavy atom. The molecule has 0 bridgehead atoms. The number of anilines is 1. The summed E-state index contributed by atoms with van der Waals surface area (Å²) >= 11 is 2.29. The SMILES string of the molecule is Cc1ccc(NC(C)CC(N)=O)cc1I. The summed E-state index contributed by atoms with van der Waals surface area (Å²) in [4.78, 5) is 10.7. The van der Waals surface area contributed by atoms with E-state index in [4.69, 9.17) is 5.73 Å². The number of nitrogens with two attached hydrogens (primary N) is 1. The highest BCUT2D eigenvalue weighted by molar-refractivity contribution is 14.1. The van der Waals surface area contributed by atoms with Crippen molar-refractivity contribution in [1.29, 1.82) is 0 Å². The number of carbonyl (C=O) groups excluding carboxylic acids is 1. The van der Waals surface area contributed by atoms with Gasteiger partial charge in [-0.1, -0.05) is 6.07 Å². The van der Waals surface area contributed by atoms with E-state index in [2.05, 4.69) is 47.0 Å². The predicted octanol–water partition coefficient (Wildman–Crippen LogP) is 2.28. The second kappa shape index (κ2) is 5.34. The minimum absolute atomic E-state index is 0.0704. The zero-order valence-electron chi connectivity index (χ0n) is 8.88. The van der Waals surface area contributed by atoms with Crippen LogP contribution in [0.4, 0.5) is 5.69 Å². The van der Waals surface area contributed by atoms with Crippen LogP contribution < -0.4 is 11.1 Å². The highest BCUT2D eigenvalue weighted by Crippen LogP contribution is 2.18. The van der Waals surface area contributed by atoms with Gasteiger partial charge in [0.05, 0.1) is 0 Å². The smallest absolute Gasteiger partial charge is 0.219 e. The summed E-state index contributed by atoms with van der Waals surface area (Å²) in [5.74, 6) is -0.281. The third-order valence-corrected chi connectivity index (χ3v) is 3.25. The van der Waals surface area contributed by atoms with Crippen molar-refractivity contribution in [3.05, 3.63) is 27.3 Å². The number of aryl methyl sites for hydroxylation is 1. The Kier molecular flexibility index (Phi) is 4.38. The van der Waals surface area contributed by atoms with Crippen LogP contribution in [0, 0.1) is 10.5 Å². The molecule has 1 unspecified atom stereocenters. The molecule has 0 aromatic heterocycles. The number of carbonyl (C=O) groups is 1. The Balaban J connectivity index is 2.64. The third-order valence-electron chi connectivity index (χ3n) is 2.09. The largest absolute Gasteiger partial charge is 0.382 e. The van der Waals surface area contributed by atoms with E-state index in [0.29, 0.717) is 6.42 Å². The Hall–Kier alpha value is -0.780. The summed E-state index contributed by atoms with van der Waals surface area (Å²) < 4.78 is 1.21. The van der Waals surface area contributed by atoms with Gasteiger partial charge in [-0.25, -0.2) is 0 Å². The molecule has 0 saturated carbocycles. The predicted molar refractivity (Wildman–Crippen MR) is 70.8 cm³/mol. The fourth-order valence-corrected chi connectivity index (χ4v) is 1.84. The molecule has 1 amide bonds. The van der Waals surface area contributed by atoms with Crippen molar-refractivity contribution in [3.63, 3.8) is 0 Å². The Bertz CT molecular complexity index is 366. The minimum atomic E-state index is -0.281. The highest BCUT2D eigenvalue weighted by Gasteiger charge is 2.06. The number of nitrogens with one attached hydrogen (secondary N) is 1. The van der Waals surface area contributed by atoms with Gasteiger partial charge in [0, 0.05) is 21.7 Å². The van der Waals surface area contributed by atoms with Gasteiger partial charge in [-0.3, -0.25) is 4.79 Å². The van der Waals surface area contributed by atoms with Crippen molar-refractivity contribution in [2.75, 3.05) is 5.32 Å². The summed E-state index contributed by atoms with van der Waals surface area (Å²) in [6.07, 6.45) is 0.352. The van der Waals surface area contributed by atoms with Crippen molar-refractivity contribution in [2.24, 2.45) is 5.73 Å². The van der Waals surface area contributed by atoms with Crippen LogP contribution in [0.15, 0.2) is 18.2 Å². The van der Waals surface area contributed by atoms with Gasteiger partial charge in [0.15, 0.2) is 0 Å². The lowest BCUT2D eigenvalue weighted by Gasteiger charge is -2.14. The normalized spacial score (nSPS) is 12.2. The molecule has 15 heavy (non-hydrogen) atoms. The van der Waals surface area contributed by atoms with Crippen molar-refractivity contribution >= 4 is 34.2 Å². The number of primary amides is 1. The molecule has 3 N–H and O–H groups in total. The van der Waals surface area contributed by atoms with Gasteiger partial charge in [-0.15, -0.1) is 0 Å². The van der Waals surface area contributed by atoms with Gasteiger partial charge < -0.3 is 11.1 Å². The molecule has 0 aliphatic heterocycles. The van der Waals surface area contributed by atoms with Crippen molar-refractivity contribution in [3.8, 4) is 0 Å². The van der Waals surface area contributed by atoms with Crippen molar-refractivity contribution < 1.29 is 4.79 Å². The summed E-state index contributed by atoms with van der Waals surface area (Å²) in [6, 6.07) is 6.20. The van der Waals surface area contributed by atoms with Crippen LogP contribution in [0.2, 0.25) is 0 Å². The molecular formula is C11H15IN2O. The summed E-state index contributed by atoms with van der Waals surface area (Å²) in [5, 5.41) is 3.24. The third kappa shape index (κ3) is 4.07. The molecule has 4 heteroatoms. The first-order valence-corrected chi connectivity index (χ1v) is 5.88. The Labute approximate surface area is 104 Å². The van der Waals surface area contributed by atoms with Crippen LogP contribution in [0.5, 0.6) is 0 Å². The first-order valence-electron chi connectivity index (χ1n) is 4.80. The average molecular weight is 318 g/mol. The number of halogens is 1. The molecule has 3 nitrogen and oxygen atoms in total. The molecule has 1 aromatic carbocycles. The second-order valence-electron chi connectivity index (χ2n) is 3.68. The van der Waals surface area contributed by atoms with E-state index in [1.54, 1.807) is 0 Å². The minimum Gasteiger partial charge on any atom is -0.382 e. The van der Waals surface area contributed by atoms with Crippen LogP contribution in [-0.4, -0.2) is 11.9 Å². The summed E-state index contributed by atoms with van der Waals surface area (Å²) in [5.41, 5.74) is 7.40. The van der Waals surface area contributed by atoms with Gasteiger partial charge in [-0.05, 0) is 54.1 Å². The molecular weight excluding hydrogens is 303 g/mol. The van der Waals surface area contributed by atoms with Gasteiger partial charge in [-0.2, -0.15) is 0 Å². The zero-order valence-corrected chi connectivity index (χ0v) is 11.0. The molecule has 0 fully saturated rings. The maximum Gasteiger partial charge on any atom is 0.219 e. The van der Waals surface area contributed by atoms with E-state index < -0.39 is 0 Å². The second-order valence-corrected chi connectivity index (χ2v) is 4.84. The number of benzene rings is 1. The van der Waals surface area contributed by atoms with Gasteiger partial charge in [0.1, 0.15) is 0 Å². The van der Waals surface area contributed by atoms with Gasteiger partial charge in [0.25, 0.3) is 0 Å². The molecule has 0 radical (unpaired) electrons. The maximum atomic E-state index is 10.7. The first-order chi connectivity index (χ1) is 6.99. The number of amides is 1. The molecule has 1 atom stereocenters. The van der Waals surface area contributed by atoms with Crippen molar-refractivity contribution in [1.82, 2.24) is 0 Å². The number of hydrogen-bond donors (Lipinski definition) is 2. The standard InChI is InChI=1S/C11H15IN2O/c1-7-3-4-9(6-10(7)12)14-8(2)5-11(13)15/h3-4,6,8,14H,5H2,1-2H3,(H2,13,15). The van der Waals surface area contributed by atoms with E-state index in [-0.39, 0.29) is 11.9 Å². The Morgan fingerprint density at radius 3 is 2.80 bits per heavy atom. The molecule has 0 saturated heterocycles. The van der Waals surface area contributed by atoms with Crippen LogP contribution in [0.25, 0.3) is 0 Å². The molecule has 1 aromatic rings. The van der Waals surface area contributed by atoms with E-state index in [9.17, 15) is 4.79 Å². The van der Waals surface area contributed by atoms with Crippen LogP contribution in [0.1, 0.15) is 18.9 Å². The van der Waals surface area contributed by atoms with Crippen LogP contribution in [0.3, 0.4) is 0 Å². The Morgan fingerprint density at radius 1 is 1.60 bits per heavy atom. The van der Waals surface area contributed by atoms with Crippen LogP contribution in [-0.2, 0) is 4.79 Å². The summed E-state index contributed by atoms with van der Waals surface area (Å²) in [6.45, 7) is 4.01. The maximum absolute atomic E-state index is 10.7. The highest BCUT2D eigenvalue weighted by atomic mass is 127. The van der Waals surface area contributed by atoms with Crippen molar-refractivity contribution in [2.45, 2.75) is 26.3 Å². The van der Waals surface area contributed by atoms with Gasteiger partial charge >= 0.3 is 0 Å². The lowest BCUT2D eigenvalue weighted by atomic mass is 10.2. The lowest BCUT2D eigenvalue weighted by molar-refractivity contribution is -0.118. The van der Waals surface area contributed by atoms with E-state index in [0.717, 1.165) is 5.69 Å². The molecule has 0 heterocycles. The molecule has 0 aliphatic carbocycles. The first kappa shape index (κ1) is 12.3. The molecule has 0 aliphatic rings. The fraction of sp³-hybridized carbons (Fsp3) is 0.364. The summed E-state index contributed by atoms with van der Waals surface area (Å²) in [7, 11) is 0. The zero-order chi connectivity index (χ0) is 11.4. The van der Waals surface area contributed by atoms with Crippen LogP contribution >= 0.6 is 22.6 Å². The molecule has 1 rings (SSSR count). The van der Waals surface area contributed by atoms with E-state index in [1.807, 2.05) is 13.0 Å². The average Bonchev–Trinajstić information content (AvgIpc) is 2.10. The van der Waals surface area contributed by atoms with E-state index >= 15 is 0 Å². The quantitative estimate of drug-likeness (QED) is 0.837. The number of hydrogen-bond acceptors (Lipinski definition) is 2. The monoisotopic (exact) mass is 318 g/mol.